The van der Waals surface area contributed by atoms with Crippen LogP contribution >= 0.6 is 0 Å². The number of benzene rings is 1. The van der Waals surface area contributed by atoms with E-state index < -0.39 is 10.3 Å². The number of nitro benzene ring substituents is 1. The molecule has 6 nitrogen and oxygen atoms in total. The van der Waals surface area contributed by atoms with Gasteiger partial charge in [0.25, 0.3) is 5.69 Å². The van der Waals surface area contributed by atoms with Crippen molar-refractivity contribution in [3.8, 4) is 0 Å². The van der Waals surface area contributed by atoms with Gasteiger partial charge in [-0.3, -0.25) is 14.9 Å². The van der Waals surface area contributed by atoms with Crippen LogP contribution in [0, 0.1) is 15.5 Å². The number of piperidine rings is 1. The maximum absolute atomic E-state index is 12.2. The highest BCUT2D eigenvalue weighted by molar-refractivity contribution is 5.83. The lowest BCUT2D eigenvalue weighted by molar-refractivity contribution is -0.385. The van der Waals surface area contributed by atoms with E-state index in [0.29, 0.717) is 31.4 Å². The molecule has 2 N–H and O–H groups in total. The molecule has 1 heterocycles. The van der Waals surface area contributed by atoms with Gasteiger partial charge in [0.1, 0.15) is 0 Å². The molecule has 0 radical (unpaired) electrons. The molecule has 1 aromatic carbocycles. The molecule has 1 aliphatic rings. The fourth-order valence-electron chi connectivity index (χ4n) is 3.11. The van der Waals surface area contributed by atoms with Crippen molar-refractivity contribution < 1.29 is 14.8 Å². The Kier molecular flexibility index (Phi) is 5.87. The van der Waals surface area contributed by atoms with Crippen LogP contribution in [0.5, 0.6) is 0 Å². The van der Waals surface area contributed by atoms with E-state index in [1.54, 1.807) is 24.3 Å². The van der Waals surface area contributed by atoms with Crippen molar-refractivity contribution in [3.63, 3.8) is 0 Å². The second-order valence-corrected chi connectivity index (χ2v) is 5.87. The molecular weight excluding hydrogens is 296 g/mol. The van der Waals surface area contributed by atoms with Crippen LogP contribution in [0.15, 0.2) is 30.3 Å². The number of carbonyl (C=O) groups excluding carboxylic acids is 1. The van der Waals surface area contributed by atoms with Gasteiger partial charge < -0.3 is 10.4 Å². The highest BCUT2D eigenvalue weighted by Crippen LogP contribution is 2.36. The summed E-state index contributed by atoms with van der Waals surface area (Å²) in [5, 5.41) is 23.1. The van der Waals surface area contributed by atoms with E-state index in [-0.39, 0.29) is 18.2 Å². The normalized spacial score (nSPS) is 21.3. The van der Waals surface area contributed by atoms with Crippen molar-refractivity contribution in [2.75, 3.05) is 13.2 Å². The Hall–Kier alpha value is -2.21. The first-order chi connectivity index (χ1) is 11.1. The van der Waals surface area contributed by atoms with E-state index in [1.165, 1.54) is 6.07 Å². The third kappa shape index (κ3) is 4.16. The molecule has 1 atom stereocenters. The number of carbonyl (C=O) groups is 1. The zero-order chi connectivity index (χ0) is 16.7. The van der Waals surface area contributed by atoms with Crippen LogP contribution in [0.1, 0.15) is 37.7 Å². The molecular formula is C17H22N2O4. The second kappa shape index (κ2) is 7.87. The predicted octanol–water partition coefficient (Wildman–Crippen LogP) is 2.67. The zero-order valence-corrected chi connectivity index (χ0v) is 13.0. The van der Waals surface area contributed by atoms with Crippen LogP contribution in [0.2, 0.25) is 0 Å². The summed E-state index contributed by atoms with van der Waals surface area (Å²) in [4.78, 5) is 22.7. The summed E-state index contributed by atoms with van der Waals surface area (Å²) in [7, 11) is 0. The third-order valence-electron chi connectivity index (χ3n) is 4.41. The molecule has 1 saturated heterocycles. The Morgan fingerprint density at radius 1 is 1.35 bits per heavy atom. The van der Waals surface area contributed by atoms with Crippen molar-refractivity contribution in [3.05, 3.63) is 46.0 Å². The zero-order valence-electron chi connectivity index (χ0n) is 13.0. The van der Waals surface area contributed by atoms with E-state index in [4.69, 9.17) is 0 Å². The monoisotopic (exact) mass is 318 g/mol. The molecule has 0 bridgehead atoms. The fraction of sp³-hybridized carbons (Fsp3) is 0.471. The molecule has 1 fully saturated rings. The molecule has 124 valence electrons. The van der Waals surface area contributed by atoms with E-state index in [0.717, 1.165) is 12.8 Å². The average Bonchev–Trinajstić information content (AvgIpc) is 2.55. The van der Waals surface area contributed by atoms with Crippen molar-refractivity contribution in [1.82, 2.24) is 5.32 Å². The number of hydrogen-bond acceptors (Lipinski definition) is 4. The third-order valence-corrected chi connectivity index (χ3v) is 4.41. The van der Waals surface area contributed by atoms with Crippen molar-refractivity contribution >= 4 is 17.7 Å². The molecule has 0 aliphatic carbocycles. The Bertz CT molecular complexity index is 596. The number of para-hydroxylation sites is 1. The molecule has 1 aromatic rings. The predicted molar refractivity (Wildman–Crippen MR) is 87.7 cm³/mol. The van der Waals surface area contributed by atoms with Crippen LogP contribution in [0.4, 0.5) is 5.69 Å². The largest absolute Gasteiger partial charge is 0.396 e. The number of aliphatic hydroxyl groups excluding tert-OH is 1. The Labute approximate surface area is 135 Å². The minimum absolute atomic E-state index is 0.0110. The topological polar surface area (TPSA) is 92.5 Å². The molecule has 0 spiro atoms. The van der Waals surface area contributed by atoms with Gasteiger partial charge in [0.05, 0.1) is 15.9 Å². The number of amides is 1. The van der Waals surface area contributed by atoms with E-state index >= 15 is 0 Å². The lowest BCUT2D eigenvalue weighted by Crippen LogP contribution is -2.46. The molecule has 1 unspecified atom stereocenters. The maximum atomic E-state index is 12.2. The first kappa shape index (κ1) is 17.1. The first-order valence-corrected chi connectivity index (χ1v) is 7.88. The van der Waals surface area contributed by atoms with Crippen molar-refractivity contribution in [2.24, 2.45) is 5.41 Å². The van der Waals surface area contributed by atoms with E-state index in [1.807, 2.05) is 6.08 Å². The van der Waals surface area contributed by atoms with Crippen LogP contribution in [-0.2, 0) is 4.79 Å². The Balaban J connectivity index is 2.02. The lowest BCUT2D eigenvalue weighted by atomic mass is 9.73. The van der Waals surface area contributed by atoms with Gasteiger partial charge in [0.2, 0.25) is 5.91 Å². The number of nitro groups is 1. The lowest BCUT2D eigenvalue weighted by Gasteiger charge is -2.35. The first-order valence-electron chi connectivity index (χ1n) is 7.88. The van der Waals surface area contributed by atoms with Crippen LogP contribution in [0.3, 0.4) is 0 Å². The van der Waals surface area contributed by atoms with Gasteiger partial charge in [0, 0.05) is 19.2 Å². The Morgan fingerprint density at radius 2 is 2.13 bits per heavy atom. The minimum atomic E-state index is -0.514. The summed E-state index contributed by atoms with van der Waals surface area (Å²) in [6.45, 7) is 0.680. The quantitative estimate of drug-likeness (QED) is 0.597. The van der Waals surface area contributed by atoms with Gasteiger partial charge in [0.15, 0.2) is 0 Å². The smallest absolute Gasteiger partial charge is 0.276 e. The highest BCUT2D eigenvalue weighted by Gasteiger charge is 2.38. The van der Waals surface area contributed by atoms with Gasteiger partial charge in [-0.15, -0.1) is 0 Å². The summed E-state index contributed by atoms with van der Waals surface area (Å²) < 4.78 is 0. The van der Waals surface area contributed by atoms with Crippen LogP contribution in [0.25, 0.3) is 6.08 Å². The van der Waals surface area contributed by atoms with E-state index in [9.17, 15) is 20.0 Å². The van der Waals surface area contributed by atoms with E-state index in [2.05, 4.69) is 5.32 Å². The molecule has 6 heteroatoms. The summed E-state index contributed by atoms with van der Waals surface area (Å²) in [5.74, 6) is 0.0110. The number of hydrogen-bond donors (Lipinski definition) is 2. The number of aliphatic hydroxyl groups is 1. The number of nitrogens with one attached hydrogen (secondary N) is 1. The highest BCUT2D eigenvalue weighted by atomic mass is 16.6. The van der Waals surface area contributed by atoms with Crippen molar-refractivity contribution in [1.29, 1.82) is 0 Å². The van der Waals surface area contributed by atoms with Crippen LogP contribution < -0.4 is 5.32 Å². The maximum Gasteiger partial charge on any atom is 0.276 e. The molecule has 0 saturated carbocycles. The van der Waals surface area contributed by atoms with Gasteiger partial charge in [-0.05, 0) is 38.2 Å². The fourth-order valence-corrected chi connectivity index (χ4v) is 3.11. The molecule has 23 heavy (non-hydrogen) atoms. The standard InChI is InChI=1S/C17H22N2O4/c20-13-11-17(10-5-12-18-16(17)21)9-4-3-7-14-6-1-2-8-15(14)19(22)23/h1-3,6-8,20H,4-5,9-13H2,(H,18,21)/b7-3-. The van der Waals surface area contributed by atoms with Crippen molar-refractivity contribution in [2.45, 2.75) is 32.1 Å². The molecule has 1 aliphatic heterocycles. The Morgan fingerprint density at radius 3 is 2.83 bits per heavy atom. The summed E-state index contributed by atoms with van der Waals surface area (Å²) >= 11 is 0. The molecule has 0 aromatic heterocycles. The number of rotatable bonds is 7. The SMILES string of the molecule is O=C1NCCCC1(CCO)CC/C=C\c1ccccc1[N+](=O)[O-]. The summed E-state index contributed by atoms with van der Waals surface area (Å²) in [6, 6.07) is 6.57. The molecule has 2 rings (SSSR count). The number of nitrogens with zero attached hydrogens (tertiary/aromatic N) is 1. The van der Waals surface area contributed by atoms with Gasteiger partial charge >= 0.3 is 0 Å². The van der Waals surface area contributed by atoms with Gasteiger partial charge in [-0.25, -0.2) is 0 Å². The van der Waals surface area contributed by atoms with Crippen LogP contribution in [-0.4, -0.2) is 29.1 Å². The summed E-state index contributed by atoms with van der Waals surface area (Å²) in [6.07, 6.45) is 7.02. The number of allylic oxidation sites excluding steroid dienone is 1. The molecule has 1 amide bonds. The minimum Gasteiger partial charge on any atom is -0.396 e. The van der Waals surface area contributed by atoms with Gasteiger partial charge in [-0.1, -0.05) is 24.3 Å². The second-order valence-electron chi connectivity index (χ2n) is 5.87. The summed E-state index contributed by atoms with van der Waals surface area (Å²) in [5.41, 5.74) is 0.117. The average molecular weight is 318 g/mol. The van der Waals surface area contributed by atoms with Gasteiger partial charge in [-0.2, -0.15) is 0 Å².